The molecule has 2 aromatic rings. The Morgan fingerprint density at radius 2 is 2.06 bits per heavy atom. The maximum atomic E-state index is 9.12. The molecule has 0 aliphatic carbocycles. The van der Waals surface area contributed by atoms with Crippen LogP contribution < -0.4 is 10.1 Å². The number of nitrogens with one attached hydrogen (secondary N) is 1. The van der Waals surface area contributed by atoms with Crippen molar-refractivity contribution in [3.8, 4) is 17.2 Å². The van der Waals surface area contributed by atoms with E-state index in [4.69, 9.17) is 9.84 Å². The van der Waals surface area contributed by atoms with Crippen molar-refractivity contribution < 1.29 is 9.84 Å². The van der Waals surface area contributed by atoms with Gasteiger partial charge in [0.2, 0.25) is 0 Å². The van der Waals surface area contributed by atoms with E-state index in [2.05, 4.69) is 10.4 Å². The van der Waals surface area contributed by atoms with Crippen LogP contribution in [0.4, 0.5) is 0 Å². The van der Waals surface area contributed by atoms with Gasteiger partial charge in [-0.1, -0.05) is 0 Å². The van der Waals surface area contributed by atoms with Crippen molar-refractivity contribution in [3.63, 3.8) is 0 Å². The Morgan fingerprint density at radius 3 is 2.75 bits per heavy atom. The number of aromatic nitrogens is 2. The number of hydrogen-bond acceptors (Lipinski definition) is 4. The fourth-order valence-corrected chi connectivity index (χ4v) is 1.30. The zero-order chi connectivity index (χ0) is 11.4. The predicted octanol–water partition coefficient (Wildman–Crippen LogP) is 1.56. The quantitative estimate of drug-likeness (QED) is 0.819. The summed E-state index contributed by atoms with van der Waals surface area (Å²) in [5.74, 6) is 1.56. The van der Waals surface area contributed by atoms with Gasteiger partial charge in [-0.05, 0) is 31.3 Å². The summed E-state index contributed by atoms with van der Waals surface area (Å²) < 4.78 is 7.27. The molecule has 1 aromatic heterocycles. The summed E-state index contributed by atoms with van der Waals surface area (Å²) in [5, 5.41) is 16.2. The summed E-state index contributed by atoms with van der Waals surface area (Å²) in [6.45, 7) is 0.638. The van der Waals surface area contributed by atoms with E-state index < -0.39 is 0 Å². The van der Waals surface area contributed by atoms with E-state index in [0.29, 0.717) is 18.2 Å². The van der Waals surface area contributed by atoms with Crippen molar-refractivity contribution in [1.82, 2.24) is 15.1 Å². The molecule has 0 aliphatic heterocycles. The highest BCUT2D eigenvalue weighted by Gasteiger charge is 2.00. The maximum Gasteiger partial charge on any atom is 0.165 e. The molecule has 2 rings (SSSR count). The molecule has 0 fully saturated rings. The molecule has 0 amide bonds. The van der Waals surface area contributed by atoms with E-state index in [1.54, 1.807) is 41.3 Å². The van der Waals surface area contributed by atoms with Crippen molar-refractivity contribution in [1.29, 1.82) is 0 Å². The Labute approximate surface area is 93.3 Å². The van der Waals surface area contributed by atoms with E-state index in [0.717, 1.165) is 0 Å². The van der Waals surface area contributed by atoms with Gasteiger partial charge in [-0.15, -0.1) is 0 Å². The third kappa shape index (κ3) is 2.52. The Morgan fingerprint density at radius 1 is 1.31 bits per heavy atom. The van der Waals surface area contributed by atoms with Gasteiger partial charge in [0.05, 0.1) is 19.1 Å². The maximum absolute atomic E-state index is 9.12. The first-order chi connectivity index (χ1) is 7.78. The van der Waals surface area contributed by atoms with E-state index in [9.17, 15) is 0 Å². The van der Waals surface area contributed by atoms with Gasteiger partial charge in [0.1, 0.15) is 11.5 Å². The molecule has 0 bridgehead atoms. The smallest absolute Gasteiger partial charge is 0.165 e. The Bertz CT molecular complexity index is 451. The normalized spacial score (nSPS) is 10.3. The summed E-state index contributed by atoms with van der Waals surface area (Å²) in [7, 11) is 1.85. The average Bonchev–Trinajstić information content (AvgIpc) is 2.70. The van der Waals surface area contributed by atoms with Crippen LogP contribution in [-0.2, 0) is 6.67 Å². The Balaban J connectivity index is 2.05. The number of nitrogens with zero attached hydrogens (tertiary/aromatic N) is 2. The van der Waals surface area contributed by atoms with Crippen LogP contribution in [-0.4, -0.2) is 21.9 Å². The molecule has 0 spiro atoms. The first-order valence-electron chi connectivity index (χ1n) is 4.92. The van der Waals surface area contributed by atoms with Crippen molar-refractivity contribution in [3.05, 3.63) is 36.7 Å². The molecule has 2 N–H and O–H groups in total. The molecular formula is C11H13N3O2. The van der Waals surface area contributed by atoms with Gasteiger partial charge in [-0.25, -0.2) is 0 Å². The number of hydrogen-bond donors (Lipinski definition) is 2. The SMILES string of the molecule is CNCn1cc(Oc2ccc(O)cc2)cn1. The molecule has 1 heterocycles. The average molecular weight is 219 g/mol. The standard InChI is InChI=1S/C11H13N3O2/c1-12-8-14-7-11(6-13-14)16-10-4-2-9(15)3-5-10/h2-7,12,15H,8H2,1H3. The zero-order valence-corrected chi connectivity index (χ0v) is 8.92. The molecule has 0 aliphatic rings. The summed E-state index contributed by atoms with van der Waals surface area (Å²) in [5.41, 5.74) is 0. The summed E-state index contributed by atoms with van der Waals surface area (Å²) in [6, 6.07) is 6.55. The van der Waals surface area contributed by atoms with Crippen LogP contribution in [0, 0.1) is 0 Å². The monoisotopic (exact) mass is 219 g/mol. The minimum absolute atomic E-state index is 0.221. The van der Waals surface area contributed by atoms with Gasteiger partial charge in [0.25, 0.3) is 0 Å². The molecular weight excluding hydrogens is 206 g/mol. The minimum Gasteiger partial charge on any atom is -0.508 e. The second-order valence-corrected chi connectivity index (χ2v) is 3.32. The molecule has 84 valence electrons. The van der Waals surface area contributed by atoms with Crippen molar-refractivity contribution in [2.24, 2.45) is 0 Å². The first-order valence-corrected chi connectivity index (χ1v) is 4.92. The fourth-order valence-electron chi connectivity index (χ4n) is 1.30. The lowest BCUT2D eigenvalue weighted by molar-refractivity contribution is 0.463. The largest absolute Gasteiger partial charge is 0.508 e. The van der Waals surface area contributed by atoms with Gasteiger partial charge in [0, 0.05) is 0 Å². The van der Waals surface area contributed by atoms with Gasteiger partial charge < -0.3 is 15.2 Å². The molecule has 0 unspecified atom stereocenters. The predicted molar refractivity (Wildman–Crippen MR) is 59.5 cm³/mol. The zero-order valence-electron chi connectivity index (χ0n) is 8.92. The fraction of sp³-hybridized carbons (Fsp3) is 0.182. The van der Waals surface area contributed by atoms with Gasteiger partial charge in [-0.3, -0.25) is 4.68 Å². The number of phenols is 1. The van der Waals surface area contributed by atoms with Crippen LogP contribution >= 0.6 is 0 Å². The highest BCUT2D eigenvalue weighted by Crippen LogP contribution is 2.22. The Hall–Kier alpha value is -2.01. The molecule has 0 atom stereocenters. The highest BCUT2D eigenvalue weighted by atomic mass is 16.5. The van der Waals surface area contributed by atoms with Crippen LogP contribution in [0.1, 0.15) is 0 Å². The van der Waals surface area contributed by atoms with Crippen LogP contribution in [0.15, 0.2) is 36.7 Å². The number of aromatic hydroxyl groups is 1. The molecule has 5 nitrogen and oxygen atoms in total. The molecule has 0 saturated carbocycles. The number of benzene rings is 1. The van der Waals surface area contributed by atoms with Crippen molar-refractivity contribution in [2.75, 3.05) is 7.05 Å². The third-order valence-electron chi connectivity index (χ3n) is 2.00. The lowest BCUT2D eigenvalue weighted by Crippen LogP contribution is -2.12. The Kier molecular flexibility index (Phi) is 3.07. The van der Waals surface area contributed by atoms with E-state index in [-0.39, 0.29) is 5.75 Å². The molecule has 16 heavy (non-hydrogen) atoms. The minimum atomic E-state index is 0.221. The number of rotatable bonds is 4. The molecule has 5 heteroatoms. The van der Waals surface area contributed by atoms with E-state index >= 15 is 0 Å². The number of ether oxygens (including phenoxy) is 1. The topological polar surface area (TPSA) is 59.3 Å². The molecule has 0 saturated heterocycles. The van der Waals surface area contributed by atoms with Gasteiger partial charge in [0.15, 0.2) is 5.75 Å². The van der Waals surface area contributed by atoms with Crippen LogP contribution in [0.5, 0.6) is 17.2 Å². The van der Waals surface area contributed by atoms with Crippen LogP contribution in [0.2, 0.25) is 0 Å². The lowest BCUT2D eigenvalue weighted by atomic mass is 10.3. The van der Waals surface area contributed by atoms with E-state index in [1.807, 2.05) is 7.05 Å². The first kappa shape index (κ1) is 10.5. The van der Waals surface area contributed by atoms with Crippen molar-refractivity contribution in [2.45, 2.75) is 6.67 Å². The third-order valence-corrected chi connectivity index (χ3v) is 2.00. The van der Waals surface area contributed by atoms with Crippen LogP contribution in [0.3, 0.4) is 0 Å². The summed E-state index contributed by atoms with van der Waals surface area (Å²) in [4.78, 5) is 0. The summed E-state index contributed by atoms with van der Waals surface area (Å²) in [6.07, 6.45) is 3.44. The highest BCUT2D eigenvalue weighted by molar-refractivity contribution is 5.33. The van der Waals surface area contributed by atoms with Gasteiger partial charge >= 0.3 is 0 Å². The second-order valence-electron chi connectivity index (χ2n) is 3.32. The van der Waals surface area contributed by atoms with Crippen molar-refractivity contribution >= 4 is 0 Å². The second kappa shape index (κ2) is 4.67. The summed E-state index contributed by atoms with van der Waals surface area (Å²) >= 11 is 0. The molecule has 0 radical (unpaired) electrons. The van der Waals surface area contributed by atoms with Crippen LogP contribution in [0.25, 0.3) is 0 Å². The molecule has 1 aromatic carbocycles. The number of phenolic OH excluding ortho intramolecular Hbond substituents is 1. The van der Waals surface area contributed by atoms with E-state index in [1.165, 1.54) is 0 Å². The lowest BCUT2D eigenvalue weighted by Gasteiger charge is -2.02. The van der Waals surface area contributed by atoms with Gasteiger partial charge in [-0.2, -0.15) is 5.10 Å².